The number of carbonyl (C=O) groups excluding carboxylic acids is 2. The molecule has 1 amide bonds. The lowest BCUT2D eigenvalue weighted by Gasteiger charge is -2.10. The number of hydrogen-bond donors (Lipinski definition) is 0. The third-order valence-corrected chi connectivity index (χ3v) is 5.84. The highest BCUT2D eigenvalue weighted by atomic mass is 35.5. The Hall–Kier alpha value is -2.84. The Morgan fingerprint density at radius 1 is 1.10 bits per heavy atom. The van der Waals surface area contributed by atoms with Crippen LogP contribution >= 0.6 is 22.9 Å². The molecule has 0 fully saturated rings. The summed E-state index contributed by atoms with van der Waals surface area (Å²) in [6.07, 6.45) is 0. The van der Waals surface area contributed by atoms with Crippen LogP contribution in [-0.4, -0.2) is 37.8 Å². The smallest absolute Gasteiger partial charge is 0.325 e. The molecular formula is C20H19ClN2O5S. The van der Waals surface area contributed by atoms with Gasteiger partial charge in [0, 0.05) is 5.02 Å². The van der Waals surface area contributed by atoms with E-state index in [1.54, 1.807) is 28.8 Å². The number of hydrogen-bond acceptors (Lipinski definition) is 6. The van der Waals surface area contributed by atoms with Gasteiger partial charge in [0.2, 0.25) is 0 Å². The second-order valence-corrected chi connectivity index (χ2v) is 7.44. The van der Waals surface area contributed by atoms with Gasteiger partial charge in [-0.15, -0.1) is 0 Å². The van der Waals surface area contributed by atoms with Crippen molar-refractivity contribution in [1.29, 1.82) is 0 Å². The Morgan fingerprint density at radius 3 is 2.34 bits per heavy atom. The van der Waals surface area contributed by atoms with E-state index in [0.29, 0.717) is 21.3 Å². The van der Waals surface area contributed by atoms with Gasteiger partial charge in [-0.25, -0.2) is 0 Å². The van der Waals surface area contributed by atoms with E-state index in [4.69, 9.17) is 25.8 Å². The van der Waals surface area contributed by atoms with Crippen molar-refractivity contribution >= 4 is 45.0 Å². The summed E-state index contributed by atoms with van der Waals surface area (Å²) in [5.74, 6) is -0.322. The number of methoxy groups -OCH3 is 3. The maximum atomic E-state index is 13.0. The van der Waals surface area contributed by atoms with Crippen LogP contribution in [0.2, 0.25) is 5.02 Å². The minimum absolute atomic E-state index is 0.104. The molecule has 0 N–H and O–H groups in total. The quantitative estimate of drug-likeness (QED) is 0.573. The molecule has 3 aromatic rings. The van der Waals surface area contributed by atoms with Crippen LogP contribution in [0, 0.1) is 6.92 Å². The third kappa shape index (κ3) is 3.99. The predicted octanol–water partition coefficient (Wildman–Crippen LogP) is 3.60. The number of benzene rings is 2. The maximum Gasteiger partial charge on any atom is 0.325 e. The first-order valence-corrected chi connectivity index (χ1v) is 9.76. The first-order valence-electron chi connectivity index (χ1n) is 8.56. The highest BCUT2D eigenvalue weighted by molar-refractivity contribution is 7.16. The van der Waals surface area contributed by atoms with Crippen LogP contribution in [0.5, 0.6) is 11.5 Å². The van der Waals surface area contributed by atoms with Gasteiger partial charge in [-0.2, -0.15) is 4.99 Å². The van der Waals surface area contributed by atoms with Crippen LogP contribution in [0.4, 0.5) is 0 Å². The van der Waals surface area contributed by atoms with E-state index in [9.17, 15) is 9.59 Å². The van der Waals surface area contributed by atoms with Crippen molar-refractivity contribution in [2.45, 2.75) is 13.5 Å². The molecule has 1 aromatic heterocycles. The highest BCUT2D eigenvalue weighted by Crippen LogP contribution is 2.30. The van der Waals surface area contributed by atoms with Crippen molar-refractivity contribution in [3.8, 4) is 11.5 Å². The zero-order valence-corrected chi connectivity index (χ0v) is 17.9. The summed E-state index contributed by atoms with van der Waals surface area (Å²) < 4.78 is 17.9. The van der Waals surface area contributed by atoms with Crippen LogP contribution in [0.15, 0.2) is 35.3 Å². The lowest BCUT2D eigenvalue weighted by atomic mass is 10.1. The molecule has 3 rings (SSSR count). The maximum absolute atomic E-state index is 13.0. The van der Waals surface area contributed by atoms with E-state index in [0.717, 1.165) is 15.8 Å². The Bertz CT molecular complexity index is 1140. The van der Waals surface area contributed by atoms with Crippen molar-refractivity contribution in [1.82, 2.24) is 4.57 Å². The first-order chi connectivity index (χ1) is 13.9. The number of halogens is 1. The summed E-state index contributed by atoms with van der Waals surface area (Å²) >= 11 is 7.54. The minimum Gasteiger partial charge on any atom is -0.496 e. The summed E-state index contributed by atoms with van der Waals surface area (Å²) in [7, 11) is 4.24. The number of fused-ring (bicyclic) bond motifs is 1. The van der Waals surface area contributed by atoms with Gasteiger partial charge in [-0.3, -0.25) is 9.59 Å². The van der Waals surface area contributed by atoms with Crippen LogP contribution in [0.1, 0.15) is 15.9 Å². The third-order valence-electron chi connectivity index (χ3n) is 4.38. The average Bonchev–Trinajstić information content (AvgIpc) is 3.07. The normalized spacial score (nSPS) is 11.6. The Kier molecular flexibility index (Phi) is 6.24. The zero-order valence-electron chi connectivity index (χ0n) is 16.3. The lowest BCUT2D eigenvalue weighted by Crippen LogP contribution is -2.23. The number of esters is 1. The van der Waals surface area contributed by atoms with Gasteiger partial charge in [-0.1, -0.05) is 29.0 Å². The van der Waals surface area contributed by atoms with Gasteiger partial charge in [0.25, 0.3) is 5.91 Å². The van der Waals surface area contributed by atoms with Crippen LogP contribution < -0.4 is 14.3 Å². The Morgan fingerprint density at radius 2 is 1.76 bits per heavy atom. The van der Waals surface area contributed by atoms with Crippen molar-refractivity contribution in [2.75, 3.05) is 21.3 Å². The number of nitrogens with zero attached hydrogens (tertiary/aromatic N) is 2. The molecule has 0 aliphatic carbocycles. The Labute approximate surface area is 176 Å². The fourth-order valence-corrected chi connectivity index (χ4v) is 4.19. The number of carbonyl (C=O) groups is 2. The fourth-order valence-electron chi connectivity index (χ4n) is 2.95. The molecule has 29 heavy (non-hydrogen) atoms. The summed E-state index contributed by atoms with van der Waals surface area (Å²) in [4.78, 5) is 29.6. The molecular weight excluding hydrogens is 416 g/mol. The molecule has 0 bridgehead atoms. The molecule has 0 unspecified atom stereocenters. The molecule has 0 saturated heterocycles. The SMILES string of the molecule is COC(=O)Cn1c(=NC(=O)c2c(OC)cccc2OC)sc2ccc(Cl)c(C)c21. The number of rotatable bonds is 5. The molecule has 152 valence electrons. The van der Waals surface area contributed by atoms with E-state index in [1.165, 1.54) is 32.7 Å². The van der Waals surface area contributed by atoms with Gasteiger partial charge in [-0.05, 0) is 36.8 Å². The Balaban J connectivity index is 2.26. The molecule has 0 atom stereocenters. The van der Waals surface area contributed by atoms with Crippen molar-refractivity contribution < 1.29 is 23.8 Å². The van der Waals surface area contributed by atoms with Gasteiger partial charge >= 0.3 is 5.97 Å². The molecule has 0 aliphatic heterocycles. The monoisotopic (exact) mass is 434 g/mol. The largest absolute Gasteiger partial charge is 0.496 e. The standard InChI is InChI=1S/C20H19ClN2O5S/c1-11-12(21)8-9-15-18(11)23(10-16(24)28-4)20(29-15)22-19(25)17-13(26-2)6-5-7-14(17)27-3/h5-9H,10H2,1-4H3. The van der Waals surface area contributed by atoms with Crippen molar-refractivity contribution in [3.05, 3.63) is 51.3 Å². The van der Waals surface area contributed by atoms with Gasteiger partial charge in [0.05, 0.1) is 31.5 Å². The second kappa shape index (κ2) is 8.67. The first kappa shape index (κ1) is 20.9. The number of aromatic nitrogens is 1. The summed E-state index contributed by atoms with van der Waals surface area (Å²) in [5, 5.41) is 0.554. The lowest BCUT2D eigenvalue weighted by molar-refractivity contribution is -0.141. The van der Waals surface area contributed by atoms with E-state index >= 15 is 0 Å². The van der Waals surface area contributed by atoms with Crippen LogP contribution in [0.3, 0.4) is 0 Å². The molecule has 0 aliphatic rings. The minimum atomic E-state index is -0.548. The molecule has 7 nitrogen and oxygen atoms in total. The molecule has 0 spiro atoms. The number of thiazole rings is 1. The van der Waals surface area contributed by atoms with Crippen LogP contribution in [0.25, 0.3) is 10.2 Å². The van der Waals surface area contributed by atoms with Gasteiger partial charge in [0.15, 0.2) is 4.80 Å². The summed E-state index contributed by atoms with van der Waals surface area (Å²) in [6, 6.07) is 8.63. The zero-order chi connectivity index (χ0) is 21.1. The molecule has 9 heteroatoms. The number of amides is 1. The molecule has 0 saturated carbocycles. The van der Waals surface area contributed by atoms with E-state index in [1.807, 2.05) is 13.0 Å². The molecule has 1 heterocycles. The molecule has 2 aromatic carbocycles. The van der Waals surface area contributed by atoms with Gasteiger partial charge < -0.3 is 18.8 Å². The number of ether oxygens (including phenoxy) is 3. The second-order valence-electron chi connectivity index (χ2n) is 6.02. The summed E-state index contributed by atoms with van der Waals surface area (Å²) in [6.45, 7) is 1.74. The van der Waals surface area contributed by atoms with Crippen LogP contribution in [-0.2, 0) is 16.1 Å². The van der Waals surface area contributed by atoms with E-state index in [2.05, 4.69) is 4.99 Å². The molecule has 0 radical (unpaired) electrons. The fraction of sp³-hybridized carbons (Fsp3) is 0.250. The number of aryl methyl sites for hydroxylation is 1. The van der Waals surface area contributed by atoms with E-state index in [-0.39, 0.29) is 12.1 Å². The average molecular weight is 435 g/mol. The topological polar surface area (TPSA) is 79.1 Å². The highest BCUT2D eigenvalue weighted by Gasteiger charge is 2.20. The van der Waals surface area contributed by atoms with E-state index < -0.39 is 11.9 Å². The summed E-state index contributed by atoms with van der Waals surface area (Å²) in [5.41, 5.74) is 1.72. The van der Waals surface area contributed by atoms with Crippen molar-refractivity contribution in [2.24, 2.45) is 4.99 Å². The van der Waals surface area contributed by atoms with Gasteiger partial charge in [0.1, 0.15) is 23.6 Å². The van der Waals surface area contributed by atoms with Crippen molar-refractivity contribution in [3.63, 3.8) is 0 Å². The predicted molar refractivity (Wildman–Crippen MR) is 111 cm³/mol.